The minimum absolute atomic E-state index is 0. The van der Waals surface area contributed by atoms with Crippen molar-refractivity contribution in [2.24, 2.45) is 5.73 Å². The predicted octanol–water partition coefficient (Wildman–Crippen LogP) is -1.50. The maximum absolute atomic E-state index is 11.2. The van der Waals surface area contributed by atoms with Gasteiger partial charge in [0.1, 0.15) is 5.69 Å². The topological polar surface area (TPSA) is 47.0 Å². The Hall–Kier alpha value is -1.87. The molecule has 0 saturated carbocycles. The van der Waals surface area contributed by atoms with Gasteiger partial charge < -0.3 is 12.4 Å². The number of carbonyl (C=O) groups excluding carboxylic acids is 1. The normalized spacial score (nSPS) is 9.41. The van der Waals surface area contributed by atoms with E-state index in [0.29, 0.717) is 6.42 Å². The summed E-state index contributed by atoms with van der Waals surface area (Å²) in [4.78, 5) is 11.2. The third kappa shape index (κ3) is 3.29. The molecule has 0 bridgehead atoms. The molecule has 88 valence electrons. The molecule has 0 saturated heterocycles. The molecule has 1 aromatic carbocycles. The van der Waals surface area contributed by atoms with Gasteiger partial charge in [-0.15, -0.1) is 0 Å². The van der Waals surface area contributed by atoms with Crippen molar-refractivity contribution in [3.05, 3.63) is 66.0 Å². The third-order valence-electron chi connectivity index (χ3n) is 2.41. The number of nitrogens with zero attached hydrogens (tertiary/aromatic N) is 1. The van der Waals surface area contributed by atoms with E-state index in [0.717, 1.165) is 11.3 Å². The number of hydrogen-bond acceptors (Lipinski definition) is 1. The fraction of sp³-hybridized carbons (Fsp3) is 0.0769. The van der Waals surface area contributed by atoms with Gasteiger partial charge in [-0.05, 0) is 17.7 Å². The summed E-state index contributed by atoms with van der Waals surface area (Å²) in [5, 5.41) is 0. The summed E-state index contributed by atoms with van der Waals surface area (Å²) < 4.78 is 1.47. The van der Waals surface area contributed by atoms with Crippen molar-refractivity contribution in [2.75, 3.05) is 0 Å². The van der Waals surface area contributed by atoms with Crippen LogP contribution in [0.5, 0.6) is 0 Å². The lowest BCUT2D eigenvalue weighted by atomic mass is 10.1. The molecule has 0 spiro atoms. The van der Waals surface area contributed by atoms with Gasteiger partial charge in [0.2, 0.25) is 0 Å². The standard InChI is InChI=1S/C13H12N2O.ClH/c14-13(16)15-9-5-4-8-12(15)10-11-6-2-1-3-7-11;/h1-9H,10H2,(H-,14,16);1H. The van der Waals surface area contributed by atoms with Crippen molar-refractivity contribution in [2.45, 2.75) is 6.42 Å². The summed E-state index contributed by atoms with van der Waals surface area (Å²) in [5.41, 5.74) is 7.34. The first-order valence-corrected chi connectivity index (χ1v) is 5.10. The van der Waals surface area contributed by atoms with Crippen LogP contribution in [-0.4, -0.2) is 6.03 Å². The lowest BCUT2D eigenvalue weighted by Crippen LogP contribution is -3.00. The van der Waals surface area contributed by atoms with Crippen LogP contribution in [0.25, 0.3) is 0 Å². The van der Waals surface area contributed by atoms with Crippen LogP contribution in [-0.2, 0) is 6.42 Å². The highest BCUT2D eigenvalue weighted by molar-refractivity contribution is 5.61. The molecule has 0 aliphatic heterocycles. The molecule has 17 heavy (non-hydrogen) atoms. The number of rotatable bonds is 2. The van der Waals surface area contributed by atoms with E-state index in [1.165, 1.54) is 4.57 Å². The Labute approximate surface area is 106 Å². The first kappa shape index (κ1) is 13.2. The smallest absolute Gasteiger partial charge is 0.493 e. The van der Waals surface area contributed by atoms with Gasteiger partial charge >= 0.3 is 6.03 Å². The van der Waals surface area contributed by atoms with Gasteiger partial charge in [-0.2, -0.15) is 9.36 Å². The number of nitrogens with two attached hydrogens (primary N) is 1. The van der Waals surface area contributed by atoms with Gasteiger partial charge in [-0.25, -0.2) is 0 Å². The van der Waals surface area contributed by atoms with Crippen LogP contribution in [0.3, 0.4) is 0 Å². The van der Waals surface area contributed by atoms with Crippen molar-refractivity contribution >= 4 is 6.03 Å². The predicted molar refractivity (Wildman–Crippen MR) is 60.9 cm³/mol. The van der Waals surface area contributed by atoms with Crippen molar-refractivity contribution in [3.8, 4) is 0 Å². The lowest BCUT2D eigenvalue weighted by Gasteiger charge is -2.03. The van der Waals surface area contributed by atoms with Crippen molar-refractivity contribution < 1.29 is 21.8 Å². The molecule has 0 fully saturated rings. The molecule has 1 amide bonds. The van der Waals surface area contributed by atoms with Crippen molar-refractivity contribution in [3.63, 3.8) is 0 Å². The summed E-state index contributed by atoms with van der Waals surface area (Å²) in [7, 11) is 0. The van der Waals surface area contributed by atoms with Gasteiger partial charge in [0.05, 0.1) is 6.20 Å². The minimum Gasteiger partial charge on any atom is -1.00 e. The molecule has 2 aromatic rings. The maximum atomic E-state index is 11.2. The molecule has 0 aliphatic carbocycles. The van der Waals surface area contributed by atoms with Crippen molar-refractivity contribution in [1.29, 1.82) is 0 Å². The Bertz CT molecular complexity index is 500. The summed E-state index contributed by atoms with van der Waals surface area (Å²) in [6, 6.07) is 15.1. The Morgan fingerprint density at radius 2 is 1.71 bits per heavy atom. The van der Waals surface area contributed by atoms with Crippen LogP contribution in [0.1, 0.15) is 11.3 Å². The van der Waals surface area contributed by atoms with E-state index in [1.54, 1.807) is 12.3 Å². The van der Waals surface area contributed by atoms with E-state index in [9.17, 15) is 4.79 Å². The number of carbonyl (C=O) groups is 1. The van der Waals surface area contributed by atoms with Crippen LogP contribution in [0.15, 0.2) is 54.7 Å². The number of hydrogen-bond donors (Lipinski definition) is 1. The number of pyridine rings is 1. The van der Waals surface area contributed by atoms with Crippen LogP contribution in [0.4, 0.5) is 4.79 Å². The molecular weight excluding hydrogens is 236 g/mol. The van der Waals surface area contributed by atoms with Crippen LogP contribution in [0.2, 0.25) is 0 Å². The van der Waals surface area contributed by atoms with E-state index >= 15 is 0 Å². The SMILES string of the molecule is NC(=O)[n+]1ccccc1Cc1ccccc1.[Cl-]. The zero-order valence-corrected chi connectivity index (χ0v) is 9.97. The Morgan fingerprint density at radius 1 is 1.06 bits per heavy atom. The van der Waals surface area contributed by atoms with E-state index in [2.05, 4.69) is 0 Å². The van der Waals surface area contributed by atoms with Gasteiger partial charge in [-0.1, -0.05) is 36.4 Å². The Morgan fingerprint density at radius 3 is 2.35 bits per heavy atom. The summed E-state index contributed by atoms with van der Waals surface area (Å²) in [5.74, 6) is 0. The molecular formula is C13H13ClN2O. The summed E-state index contributed by atoms with van der Waals surface area (Å²) >= 11 is 0. The summed E-state index contributed by atoms with van der Waals surface area (Å²) in [6.07, 6.45) is 2.38. The second-order valence-electron chi connectivity index (χ2n) is 3.56. The van der Waals surface area contributed by atoms with E-state index in [-0.39, 0.29) is 12.4 Å². The van der Waals surface area contributed by atoms with Gasteiger partial charge in [0.25, 0.3) is 0 Å². The van der Waals surface area contributed by atoms with Crippen LogP contribution in [0, 0.1) is 0 Å². The number of amides is 1. The quantitative estimate of drug-likeness (QED) is 0.646. The van der Waals surface area contributed by atoms with E-state index in [4.69, 9.17) is 5.73 Å². The molecule has 1 aromatic heterocycles. The summed E-state index contributed by atoms with van der Waals surface area (Å²) in [6.45, 7) is 0. The number of halogens is 1. The molecule has 4 heteroatoms. The zero-order valence-electron chi connectivity index (χ0n) is 9.21. The highest BCUT2D eigenvalue weighted by Crippen LogP contribution is 2.04. The highest BCUT2D eigenvalue weighted by Gasteiger charge is 2.11. The lowest BCUT2D eigenvalue weighted by molar-refractivity contribution is -0.578. The second kappa shape index (κ2) is 6.01. The monoisotopic (exact) mass is 248 g/mol. The fourth-order valence-electron chi connectivity index (χ4n) is 1.64. The number of benzene rings is 1. The van der Waals surface area contributed by atoms with Crippen LogP contribution >= 0.6 is 0 Å². The molecule has 0 unspecified atom stereocenters. The average Bonchev–Trinajstić information content (AvgIpc) is 2.31. The molecule has 0 atom stereocenters. The molecule has 2 rings (SSSR count). The van der Waals surface area contributed by atoms with E-state index < -0.39 is 6.03 Å². The second-order valence-corrected chi connectivity index (χ2v) is 3.56. The van der Waals surface area contributed by atoms with E-state index in [1.807, 2.05) is 42.5 Å². The first-order chi connectivity index (χ1) is 7.77. The van der Waals surface area contributed by atoms with Crippen molar-refractivity contribution in [1.82, 2.24) is 0 Å². The van der Waals surface area contributed by atoms with Crippen LogP contribution < -0.4 is 22.7 Å². The third-order valence-corrected chi connectivity index (χ3v) is 2.41. The molecule has 0 aliphatic rings. The minimum atomic E-state index is -0.452. The first-order valence-electron chi connectivity index (χ1n) is 5.10. The van der Waals surface area contributed by atoms with Gasteiger partial charge in [-0.3, -0.25) is 5.73 Å². The van der Waals surface area contributed by atoms with Gasteiger partial charge in [0.15, 0.2) is 0 Å². The molecule has 1 heterocycles. The maximum Gasteiger partial charge on any atom is 0.493 e. The van der Waals surface area contributed by atoms with Gasteiger partial charge in [0, 0.05) is 6.42 Å². The average molecular weight is 249 g/mol. The Balaban J connectivity index is 0.00000144. The fourth-order valence-corrected chi connectivity index (χ4v) is 1.64. The molecule has 3 nitrogen and oxygen atoms in total. The molecule has 2 N–H and O–H groups in total. The number of aromatic nitrogens is 1. The largest absolute Gasteiger partial charge is 1.00 e. The number of primary amides is 1. The zero-order chi connectivity index (χ0) is 11.4. The molecule has 0 radical (unpaired) electrons. The highest BCUT2D eigenvalue weighted by atomic mass is 35.5. The Kier molecular flexibility index (Phi) is 4.67.